The largest absolute Gasteiger partial charge is 0.496 e. The molecule has 2 atom stereocenters. The van der Waals surface area contributed by atoms with Crippen LogP contribution in [0.3, 0.4) is 0 Å². The number of aryl methyl sites for hydroxylation is 1. The summed E-state index contributed by atoms with van der Waals surface area (Å²) in [5.74, 6) is 0.862. The molecule has 2 aromatic heterocycles. The van der Waals surface area contributed by atoms with E-state index in [1.165, 1.54) is 5.56 Å². The van der Waals surface area contributed by atoms with Crippen molar-refractivity contribution in [2.45, 2.75) is 26.1 Å². The lowest BCUT2D eigenvalue weighted by atomic mass is 9.99. The molecule has 4 rings (SSSR count). The molecule has 0 N–H and O–H groups in total. The van der Waals surface area contributed by atoms with Crippen molar-refractivity contribution in [3.63, 3.8) is 0 Å². The molecule has 0 saturated carbocycles. The van der Waals surface area contributed by atoms with Crippen LogP contribution in [0.25, 0.3) is 5.65 Å². The highest BCUT2D eigenvalue weighted by Gasteiger charge is 2.36. The maximum atomic E-state index is 6.29. The summed E-state index contributed by atoms with van der Waals surface area (Å²) in [5.41, 5.74) is 5.22. The second-order valence-corrected chi connectivity index (χ2v) is 6.70. The van der Waals surface area contributed by atoms with Crippen molar-refractivity contribution in [2.75, 3.05) is 7.11 Å². The molecule has 1 aliphatic rings. The Morgan fingerprint density at radius 2 is 2.09 bits per heavy atom. The van der Waals surface area contributed by atoms with Gasteiger partial charge in [-0.25, -0.2) is 4.98 Å². The topological polar surface area (TPSA) is 35.8 Å². The van der Waals surface area contributed by atoms with Crippen molar-refractivity contribution < 1.29 is 9.47 Å². The molecule has 118 valence electrons. The fourth-order valence-corrected chi connectivity index (χ4v) is 3.73. The zero-order chi connectivity index (χ0) is 16.1. The molecular weight excluding hydrogens is 356 g/mol. The van der Waals surface area contributed by atoms with Gasteiger partial charge in [-0.15, -0.1) is 0 Å². The molecule has 1 aliphatic heterocycles. The Kier molecular flexibility index (Phi) is 3.43. The van der Waals surface area contributed by atoms with Crippen molar-refractivity contribution in [1.82, 2.24) is 9.38 Å². The first-order valence-electron chi connectivity index (χ1n) is 7.56. The van der Waals surface area contributed by atoms with Gasteiger partial charge < -0.3 is 9.47 Å². The molecule has 23 heavy (non-hydrogen) atoms. The molecule has 1 aromatic carbocycles. The first-order valence-corrected chi connectivity index (χ1v) is 8.36. The Morgan fingerprint density at radius 1 is 1.26 bits per heavy atom. The van der Waals surface area contributed by atoms with Crippen LogP contribution < -0.4 is 4.74 Å². The van der Waals surface area contributed by atoms with E-state index in [9.17, 15) is 0 Å². The fraction of sp³-hybridized carbons (Fsp3) is 0.278. The molecular formula is C18H17BrN2O2. The minimum Gasteiger partial charge on any atom is -0.496 e. The van der Waals surface area contributed by atoms with Gasteiger partial charge in [0, 0.05) is 16.2 Å². The molecule has 0 aliphatic carbocycles. The summed E-state index contributed by atoms with van der Waals surface area (Å²) >= 11 is 3.54. The zero-order valence-electron chi connectivity index (χ0n) is 13.2. The van der Waals surface area contributed by atoms with Crippen molar-refractivity contribution in [3.05, 3.63) is 63.5 Å². The summed E-state index contributed by atoms with van der Waals surface area (Å²) in [7, 11) is 1.70. The third-order valence-electron chi connectivity index (χ3n) is 4.41. The van der Waals surface area contributed by atoms with Gasteiger partial charge >= 0.3 is 0 Å². The quantitative estimate of drug-likeness (QED) is 0.659. The second-order valence-electron chi connectivity index (χ2n) is 5.78. The molecule has 0 radical (unpaired) electrons. The van der Waals surface area contributed by atoms with Gasteiger partial charge in [0.1, 0.15) is 17.5 Å². The highest BCUT2D eigenvalue weighted by molar-refractivity contribution is 9.10. The average Bonchev–Trinajstić information content (AvgIpc) is 3.03. The number of hydrogen-bond acceptors (Lipinski definition) is 3. The van der Waals surface area contributed by atoms with Crippen LogP contribution in [0.15, 0.2) is 41.0 Å². The van der Waals surface area contributed by atoms with Crippen LogP contribution in [0.1, 0.15) is 41.6 Å². The molecule has 3 aromatic rings. The molecule has 4 nitrogen and oxygen atoms in total. The normalized spacial score (nSPS) is 20.0. The van der Waals surface area contributed by atoms with Gasteiger partial charge in [0.25, 0.3) is 0 Å². The van der Waals surface area contributed by atoms with Crippen molar-refractivity contribution in [1.29, 1.82) is 0 Å². The minimum atomic E-state index is -0.180. The van der Waals surface area contributed by atoms with Gasteiger partial charge in [0.05, 0.1) is 24.6 Å². The number of benzene rings is 1. The van der Waals surface area contributed by atoms with E-state index in [-0.39, 0.29) is 12.2 Å². The lowest BCUT2D eigenvalue weighted by Gasteiger charge is -2.15. The lowest BCUT2D eigenvalue weighted by Crippen LogP contribution is -2.06. The Hall–Kier alpha value is -1.85. The Morgan fingerprint density at radius 3 is 2.87 bits per heavy atom. The average molecular weight is 373 g/mol. The van der Waals surface area contributed by atoms with E-state index in [0.717, 1.165) is 32.8 Å². The molecule has 0 bridgehead atoms. The number of pyridine rings is 1. The van der Waals surface area contributed by atoms with Crippen LogP contribution >= 0.6 is 15.9 Å². The monoisotopic (exact) mass is 372 g/mol. The SMILES string of the molecule is COc1cccc2c1C(c1c(C)nc3ccc(Br)cn13)OC2C. The summed E-state index contributed by atoms with van der Waals surface area (Å²) in [6.07, 6.45) is 1.88. The van der Waals surface area contributed by atoms with Crippen molar-refractivity contribution in [3.8, 4) is 5.75 Å². The van der Waals surface area contributed by atoms with E-state index in [4.69, 9.17) is 9.47 Å². The van der Waals surface area contributed by atoms with Gasteiger partial charge in [0.15, 0.2) is 0 Å². The van der Waals surface area contributed by atoms with E-state index >= 15 is 0 Å². The van der Waals surface area contributed by atoms with E-state index in [1.54, 1.807) is 7.11 Å². The fourth-order valence-electron chi connectivity index (χ4n) is 3.39. The Labute approximate surface area is 143 Å². The van der Waals surface area contributed by atoms with Crippen LogP contribution in [0.4, 0.5) is 0 Å². The van der Waals surface area contributed by atoms with Gasteiger partial charge in [0.2, 0.25) is 0 Å². The maximum Gasteiger partial charge on any atom is 0.137 e. The van der Waals surface area contributed by atoms with Crippen molar-refractivity contribution >= 4 is 21.6 Å². The zero-order valence-corrected chi connectivity index (χ0v) is 14.8. The molecule has 5 heteroatoms. The van der Waals surface area contributed by atoms with E-state index in [1.807, 2.05) is 37.4 Å². The Bertz CT molecular complexity index is 903. The molecule has 0 amide bonds. The smallest absolute Gasteiger partial charge is 0.137 e. The predicted molar refractivity (Wildman–Crippen MR) is 92.0 cm³/mol. The van der Waals surface area contributed by atoms with Crippen LogP contribution in [-0.4, -0.2) is 16.5 Å². The number of rotatable bonds is 2. The standard InChI is InChI=1S/C18H17BrN2O2/c1-10-17(21-9-12(19)7-8-15(21)20-10)18-16-13(11(2)23-18)5-4-6-14(16)22-3/h4-9,11,18H,1-3H3. The Balaban J connectivity index is 1.98. The summed E-state index contributed by atoms with van der Waals surface area (Å²) in [6, 6.07) is 10.1. The third kappa shape index (κ3) is 2.18. The van der Waals surface area contributed by atoms with Gasteiger partial charge in [-0.3, -0.25) is 4.40 Å². The van der Waals surface area contributed by atoms with Crippen LogP contribution in [0.2, 0.25) is 0 Å². The van der Waals surface area contributed by atoms with Gasteiger partial charge in [-0.05, 0) is 53.5 Å². The summed E-state index contributed by atoms with van der Waals surface area (Å²) in [6.45, 7) is 4.10. The summed E-state index contributed by atoms with van der Waals surface area (Å²) in [5, 5.41) is 0. The minimum absolute atomic E-state index is 0.0298. The number of hydrogen-bond donors (Lipinski definition) is 0. The number of imidazole rings is 1. The number of ether oxygens (including phenoxy) is 2. The van der Waals surface area contributed by atoms with Gasteiger partial charge in [-0.2, -0.15) is 0 Å². The molecule has 2 unspecified atom stereocenters. The molecule has 0 spiro atoms. The number of methoxy groups -OCH3 is 1. The number of aromatic nitrogens is 2. The molecule has 0 saturated heterocycles. The van der Waals surface area contributed by atoms with Crippen LogP contribution in [0.5, 0.6) is 5.75 Å². The first kappa shape index (κ1) is 14.7. The highest BCUT2D eigenvalue weighted by Crippen LogP contribution is 2.47. The number of nitrogens with zero attached hydrogens (tertiary/aromatic N) is 2. The third-order valence-corrected chi connectivity index (χ3v) is 4.88. The molecule has 3 heterocycles. The number of halogens is 1. The van der Waals surface area contributed by atoms with E-state index in [0.29, 0.717) is 0 Å². The lowest BCUT2D eigenvalue weighted by molar-refractivity contribution is 0.0417. The van der Waals surface area contributed by atoms with Gasteiger partial charge in [-0.1, -0.05) is 12.1 Å². The highest BCUT2D eigenvalue weighted by atomic mass is 79.9. The predicted octanol–water partition coefficient (Wildman–Crippen LogP) is 4.59. The maximum absolute atomic E-state index is 6.29. The summed E-state index contributed by atoms with van der Waals surface area (Å²) in [4.78, 5) is 4.67. The van der Waals surface area contributed by atoms with E-state index < -0.39 is 0 Å². The summed E-state index contributed by atoms with van der Waals surface area (Å²) < 4.78 is 15.0. The van der Waals surface area contributed by atoms with Crippen molar-refractivity contribution in [2.24, 2.45) is 0 Å². The van der Waals surface area contributed by atoms with Crippen LogP contribution in [0, 0.1) is 6.92 Å². The molecule has 0 fully saturated rings. The second kappa shape index (κ2) is 5.35. The van der Waals surface area contributed by atoms with Crippen LogP contribution in [-0.2, 0) is 4.74 Å². The van der Waals surface area contributed by atoms with E-state index in [2.05, 4.69) is 38.3 Å². The first-order chi connectivity index (χ1) is 11.1. The number of fused-ring (bicyclic) bond motifs is 2.